The van der Waals surface area contributed by atoms with E-state index >= 15 is 0 Å². The summed E-state index contributed by atoms with van der Waals surface area (Å²) < 4.78 is 5.44. The van der Waals surface area contributed by atoms with Gasteiger partial charge < -0.3 is 19.9 Å². The molecule has 0 radical (unpaired) electrons. The molecule has 0 saturated carbocycles. The third-order valence-electron chi connectivity index (χ3n) is 4.47. The first-order chi connectivity index (χ1) is 9.75. The molecule has 0 aromatic rings. The normalized spacial score (nSPS) is 30.8. The van der Waals surface area contributed by atoms with Gasteiger partial charge in [0.2, 0.25) is 5.91 Å². The van der Waals surface area contributed by atoms with Crippen LogP contribution in [0.3, 0.4) is 0 Å². The maximum atomic E-state index is 12.3. The Morgan fingerprint density at radius 2 is 1.65 bits per heavy atom. The summed E-state index contributed by atoms with van der Waals surface area (Å²) in [4.78, 5) is 28.2. The summed E-state index contributed by atoms with van der Waals surface area (Å²) in [6.45, 7) is 4.20. The number of nitrogens with zero attached hydrogens (tertiary/aromatic N) is 2. The standard InChI is InChI=1S/C14H23N3O3/c18-13(11-3-1-5-15-11)16-6-8-17(9-7-16)14(19)12-4-2-10-20-12/h11-12,15H,1-10H2/t11-,12-/m0/s1. The van der Waals surface area contributed by atoms with E-state index in [-0.39, 0.29) is 24.0 Å². The van der Waals surface area contributed by atoms with Gasteiger partial charge in [-0.3, -0.25) is 9.59 Å². The molecule has 0 bridgehead atoms. The number of nitrogens with one attached hydrogen (secondary N) is 1. The average molecular weight is 281 g/mol. The van der Waals surface area contributed by atoms with Crippen LogP contribution in [-0.2, 0) is 14.3 Å². The smallest absolute Gasteiger partial charge is 0.251 e. The molecule has 3 rings (SSSR count). The zero-order valence-electron chi connectivity index (χ0n) is 11.8. The minimum Gasteiger partial charge on any atom is -0.368 e. The van der Waals surface area contributed by atoms with E-state index in [1.54, 1.807) is 0 Å². The number of hydrogen-bond donors (Lipinski definition) is 1. The second-order valence-electron chi connectivity index (χ2n) is 5.80. The van der Waals surface area contributed by atoms with E-state index in [4.69, 9.17) is 4.74 Å². The molecular formula is C14H23N3O3. The third kappa shape index (κ3) is 2.81. The highest BCUT2D eigenvalue weighted by molar-refractivity contribution is 5.83. The van der Waals surface area contributed by atoms with Crippen molar-refractivity contribution in [2.24, 2.45) is 0 Å². The minimum atomic E-state index is -0.242. The number of hydrogen-bond acceptors (Lipinski definition) is 4. The van der Waals surface area contributed by atoms with E-state index in [0.29, 0.717) is 32.8 Å². The van der Waals surface area contributed by atoms with E-state index in [2.05, 4.69) is 5.32 Å². The number of carbonyl (C=O) groups excluding carboxylic acids is 2. The lowest BCUT2D eigenvalue weighted by Crippen LogP contribution is -2.55. The van der Waals surface area contributed by atoms with Gasteiger partial charge in [0.1, 0.15) is 6.10 Å². The number of amides is 2. The zero-order chi connectivity index (χ0) is 13.9. The Labute approximate surface area is 119 Å². The second-order valence-corrected chi connectivity index (χ2v) is 5.80. The summed E-state index contributed by atoms with van der Waals surface area (Å²) in [7, 11) is 0. The maximum absolute atomic E-state index is 12.3. The number of rotatable bonds is 2. The van der Waals surface area contributed by atoms with Crippen molar-refractivity contribution < 1.29 is 14.3 Å². The van der Waals surface area contributed by atoms with Crippen LogP contribution in [0.5, 0.6) is 0 Å². The molecule has 0 aromatic carbocycles. The Hall–Kier alpha value is -1.14. The van der Waals surface area contributed by atoms with Crippen LogP contribution in [0.15, 0.2) is 0 Å². The van der Waals surface area contributed by atoms with Crippen LogP contribution in [0, 0.1) is 0 Å². The van der Waals surface area contributed by atoms with Gasteiger partial charge in [-0.25, -0.2) is 0 Å². The molecule has 20 heavy (non-hydrogen) atoms. The van der Waals surface area contributed by atoms with Crippen molar-refractivity contribution in [2.75, 3.05) is 39.3 Å². The molecule has 2 amide bonds. The van der Waals surface area contributed by atoms with Gasteiger partial charge in [0, 0.05) is 32.8 Å². The highest BCUT2D eigenvalue weighted by Crippen LogP contribution is 2.17. The van der Waals surface area contributed by atoms with Gasteiger partial charge in [-0.15, -0.1) is 0 Å². The Morgan fingerprint density at radius 3 is 2.20 bits per heavy atom. The highest BCUT2D eigenvalue weighted by atomic mass is 16.5. The van der Waals surface area contributed by atoms with Crippen LogP contribution in [0.25, 0.3) is 0 Å². The van der Waals surface area contributed by atoms with Gasteiger partial charge in [0.15, 0.2) is 0 Å². The SMILES string of the molecule is O=C([C@@H]1CCCN1)N1CCN(C(=O)[C@@H]2CCCO2)CC1. The van der Waals surface area contributed by atoms with Crippen LogP contribution >= 0.6 is 0 Å². The third-order valence-corrected chi connectivity index (χ3v) is 4.47. The lowest BCUT2D eigenvalue weighted by molar-refractivity contribution is -0.146. The molecule has 6 heteroatoms. The van der Waals surface area contributed by atoms with Crippen molar-refractivity contribution in [2.45, 2.75) is 37.8 Å². The van der Waals surface area contributed by atoms with Gasteiger partial charge in [-0.1, -0.05) is 0 Å². The van der Waals surface area contributed by atoms with E-state index in [1.165, 1.54) is 0 Å². The molecule has 2 atom stereocenters. The second kappa shape index (κ2) is 6.10. The first-order valence-electron chi connectivity index (χ1n) is 7.68. The van der Waals surface area contributed by atoms with Gasteiger partial charge in [0.25, 0.3) is 5.91 Å². The quantitative estimate of drug-likeness (QED) is 0.747. The Morgan fingerprint density at radius 1 is 0.950 bits per heavy atom. The fourth-order valence-corrected chi connectivity index (χ4v) is 3.24. The molecule has 0 aromatic heterocycles. The predicted octanol–water partition coefficient (Wildman–Crippen LogP) is -0.412. The van der Waals surface area contributed by atoms with Crippen LogP contribution < -0.4 is 5.32 Å². The maximum Gasteiger partial charge on any atom is 0.251 e. The van der Waals surface area contributed by atoms with E-state index < -0.39 is 0 Å². The van der Waals surface area contributed by atoms with E-state index in [9.17, 15) is 9.59 Å². The van der Waals surface area contributed by atoms with Gasteiger partial charge >= 0.3 is 0 Å². The van der Waals surface area contributed by atoms with Gasteiger partial charge in [-0.2, -0.15) is 0 Å². The van der Waals surface area contributed by atoms with Crippen LogP contribution in [0.4, 0.5) is 0 Å². The monoisotopic (exact) mass is 281 g/mol. The molecular weight excluding hydrogens is 258 g/mol. The number of piperazine rings is 1. The molecule has 3 heterocycles. The fourth-order valence-electron chi connectivity index (χ4n) is 3.24. The van der Waals surface area contributed by atoms with Crippen molar-refractivity contribution in [1.82, 2.24) is 15.1 Å². The van der Waals surface area contributed by atoms with Crippen molar-refractivity contribution in [3.63, 3.8) is 0 Å². The minimum absolute atomic E-state index is 0.00424. The molecule has 0 spiro atoms. The summed E-state index contributed by atoms with van der Waals surface area (Å²) >= 11 is 0. The molecule has 6 nitrogen and oxygen atoms in total. The molecule has 0 unspecified atom stereocenters. The Balaban J connectivity index is 1.48. The highest BCUT2D eigenvalue weighted by Gasteiger charge is 2.33. The molecule has 112 valence electrons. The molecule has 3 aliphatic heterocycles. The summed E-state index contributed by atoms with van der Waals surface area (Å²) in [5, 5.41) is 3.24. The molecule has 1 N–H and O–H groups in total. The summed E-state index contributed by atoms with van der Waals surface area (Å²) in [5.41, 5.74) is 0. The van der Waals surface area contributed by atoms with Crippen molar-refractivity contribution in [3.8, 4) is 0 Å². The first-order valence-corrected chi connectivity index (χ1v) is 7.68. The predicted molar refractivity (Wildman–Crippen MR) is 73.2 cm³/mol. The van der Waals surface area contributed by atoms with Gasteiger partial charge in [0.05, 0.1) is 6.04 Å². The molecule has 3 fully saturated rings. The first kappa shape index (κ1) is 13.8. The molecule has 3 aliphatic rings. The Kier molecular flexibility index (Phi) is 4.21. The van der Waals surface area contributed by atoms with Crippen LogP contribution in [0.2, 0.25) is 0 Å². The number of carbonyl (C=O) groups is 2. The van der Waals surface area contributed by atoms with Crippen LogP contribution in [-0.4, -0.2) is 73.1 Å². The zero-order valence-corrected chi connectivity index (χ0v) is 11.8. The average Bonchev–Trinajstić information content (AvgIpc) is 3.18. The van der Waals surface area contributed by atoms with Crippen molar-refractivity contribution in [1.29, 1.82) is 0 Å². The molecule has 0 aliphatic carbocycles. The largest absolute Gasteiger partial charge is 0.368 e. The van der Waals surface area contributed by atoms with E-state index in [1.807, 2.05) is 9.80 Å². The lowest BCUT2D eigenvalue weighted by Gasteiger charge is -2.36. The summed E-state index contributed by atoms with van der Waals surface area (Å²) in [5.74, 6) is 0.306. The topological polar surface area (TPSA) is 61.9 Å². The lowest BCUT2D eigenvalue weighted by atomic mass is 10.1. The molecule has 3 saturated heterocycles. The van der Waals surface area contributed by atoms with Crippen LogP contribution in [0.1, 0.15) is 25.7 Å². The van der Waals surface area contributed by atoms with E-state index in [0.717, 1.165) is 32.2 Å². The summed E-state index contributed by atoms with van der Waals surface area (Å²) in [6.07, 6.45) is 3.59. The summed E-state index contributed by atoms with van der Waals surface area (Å²) in [6, 6.07) is -0.00424. The Bertz CT molecular complexity index is 332. The van der Waals surface area contributed by atoms with Gasteiger partial charge in [-0.05, 0) is 32.2 Å². The number of ether oxygens (including phenoxy) is 1. The van der Waals surface area contributed by atoms with Crippen molar-refractivity contribution in [3.05, 3.63) is 0 Å². The fraction of sp³-hybridized carbons (Fsp3) is 0.857. The van der Waals surface area contributed by atoms with Crippen molar-refractivity contribution >= 4 is 11.8 Å².